The zero-order chi connectivity index (χ0) is 10.3. The van der Waals surface area contributed by atoms with Crippen LogP contribution in [0, 0.1) is 5.92 Å². The minimum absolute atomic E-state index is 0.745. The third kappa shape index (κ3) is 8.75. The van der Waals surface area contributed by atoms with Gasteiger partial charge in [-0.3, -0.25) is 4.90 Å². The van der Waals surface area contributed by atoms with Crippen molar-refractivity contribution in [3.8, 4) is 0 Å². The van der Waals surface area contributed by atoms with Crippen molar-refractivity contribution < 1.29 is 14.8 Å². The van der Waals surface area contributed by atoms with Crippen molar-refractivity contribution in [3.05, 3.63) is 12.4 Å². The number of carbonyl (C=O) groups is 1. The number of aliphatic carboxylic acids is 1. The van der Waals surface area contributed by atoms with Gasteiger partial charge in [0.05, 0.1) is 12.7 Å². The molecule has 1 atom stereocenters. The number of carbonyl (C=O) groups excluding carboxylic acids is 1. The molecule has 0 saturated heterocycles. The van der Waals surface area contributed by atoms with Crippen molar-refractivity contribution in [1.82, 2.24) is 0 Å². The van der Waals surface area contributed by atoms with Crippen molar-refractivity contribution in [2.75, 3.05) is 6.54 Å². The number of hydrogen-bond donors (Lipinski definition) is 1. The van der Waals surface area contributed by atoms with E-state index in [9.17, 15) is 0 Å². The molecule has 0 amide bonds. The molecule has 0 aromatic heterocycles. The van der Waals surface area contributed by atoms with E-state index >= 15 is 0 Å². The first-order chi connectivity index (χ1) is 6.02. The Morgan fingerprint density at radius 1 is 1.62 bits per heavy atom. The topological polar surface area (TPSA) is 56.9 Å². The Morgan fingerprint density at radius 2 is 2.15 bits per heavy atom. The van der Waals surface area contributed by atoms with E-state index in [-0.39, 0.29) is 0 Å². The average molecular weight is 184 g/mol. The summed E-state index contributed by atoms with van der Waals surface area (Å²) in [6, 6.07) is 0. The van der Waals surface area contributed by atoms with Crippen LogP contribution >= 0.6 is 0 Å². The Labute approximate surface area is 78.6 Å². The molecule has 0 bridgehead atoms. The Kier molecular flexibility index (Phi) is 5.80. The maximum absolute atomic E-state index is 8.89. The molecule has 0 aromatic carbocycles. The summed E-state index contributed by atoms with van der Waals surface area (Å²) in [5.74, 6) is -0.339. The monoisotopic (exact) mass is 184 g/mol. The Hall–Kier alpha value is -1.16. The number of nitrogens with zero attached hydrogens (tertiary/aromatic N) is 1. The molecule has 0 aliphatic carbocycles. The van der Waals surface area contributed by atoms with E-state index in [4.69, 9.17) is 9.90 Å². The quantitative estimate of drug-likeness (QED) is 0.586. The van der Waals surface area contributed by atoms with Crippen LogP contribution < -0.4 is 10.0 Å². The molecular weight excluding hydrogens is 168 g/mol. The van der Waals surface area contributed by atoms with E-state index < -0.39 is 5.97 Å². The zero-order valence-electron chi connectivity index (χ0n) is 8.28. The van der Waals surface area contributed by atoms with Gasteiger partial charge in [0.25, 0.3) is 0 Å². The van der Waals surface area contributed by atoms with Crippen LogP contribution in [0.15, 0.2) is 17.4 Å². The number of nitrogens with one attached hydrogen (secondary N) is 1. The molecule has 0 fully saturated rings. The maximum atomic E-state index is 8.89. The number of quaternary nitrogens is 1. The lowest BCUT2D eigenvalue weighted by molar-refractivity contribution is -0.740. The second kappa shape index (κ2) is 6.37. The van der Waals surface area contributed by atoms with E-state index in [1.807, 2.05) is 12.5 Å². The standard InChI is InChI=1S/C7H12N2.C2H4O2/c1-7(2)5-9-4-3-8-6-9;1-2(3)4/h3-4,6-7H,5H2,1-2H3;1H3,(H,3,4). The van der Waals surface area contributed by atoms with Crippen LogP contribution in [0.3, 0.4) is 0 Å². The Morgan fingerprint density at radius 3 is 2.46 bits per heavy atom. The fourth-order valence-electron chi connectivity index (χ4n) is 0.913. The van der Waals surface area contributed by atoms with Gasteiger partial charge in [-0.05, 0) is 6.92 Å². The summed E-state index contributed by atoms with van der Waals surface area (Å²) in [7, 11) is 0. The maximum Gasteiger partial charge on any atom is 0.193 e. The van der Waals surface area contributed by atoms with Crippen LogP contribution in [0.5, 0.6) is 0 Å². The summed E-state index contributed by atoms with van der Waals surface area (Å²) in [4.78, 5) is 14.2. The molecule has 4 nitrogen and oxygen atoms in total. The third-order valence-electron chi connectivity index (χ3n) is 1.26. The van der Waals surface area contributed by atoms with Gasteiger partial charge in [0.1, 0.15) is 6.20 Å². The van der Waals surface area contributed by atoms with Gasteiger partial charge in [-0.25, -0.2) is 4.99 Å². The van der Waals surface area contributed by atoms with Gasteiger partial charge in [-0.1, -0.05) is 13.8 Å². The van der Waals surface area contributed by atoms with E-state index in [1.54, 1.807) is 0 Å². The lowest BCUT2D eigenvalue weighted by atomic mass is 10.2. The van der Waals surface area contributed by atoms with Gasteiger partial charge >= 0.3 is 0 Å². The predicted octanol–water partition coefficient (Wildman–Crippen LogP) is -1.20. The van der Waals surface area contributed by atoms with Crippen LogP contribution in [-0.4, -0.2) is 18.9 Å². The van der Waals surface area contributed by atoms with Crippen molar-refractivity contribution in [2.24, 2.45) is 10.9 Å². The zero-order valence-corrected chi connectivity index (χ0v) is 8.28. The lowest BCUT2D eigenvalue weighted by Crippen LogP contribution is -3.06. The van der Waals surface area contributed by atoms with Crippen molar-refractivity contribution >= 4 is 12.3 Å². The summed E-state index contributed by atoms with van der Waals surface area (Å²) in [6.07, 6.45) is 5.84. The Balaban J connectivity index is 0.000000310. The molecule has 4 heteroatoms. The summed E-state index contributed by atoms with van der Waals surface area (Å²) in [6.45, 7) is 6.56. The first kappa shape index (κ1) is 11.8. The number of aliphatic imine (C=N–C) groups is 1. The normalized spacial score (nSPS) is 18.6. The predicted molar refractivity (Wildman–Crippen MR) is 49.0 cm³/mol. The molecule has 1 heterocycles. The minimum atomic E-state index is -1.08. The highest BCUT2D eigenvalue weighted by Gasteiger charge is 2.06. The van der Waals surface area contributed by atoms with Gasteiger partial charge in [-0.15, -0.1) is 0 Å². The summed E-state index contributed by atoms with van der Waals surface area (Å²) >= 11 is 0. The molecule has 0 radical (unpaired) electrons. The Bertz CT molecular complexity index is 194. The molecular formula is C9H16N2O2. The van der Waals surface area contributed by atoms with E-state index in [0.717, 1.165) is 19.4 Å². The molecule has 1 rings (SSSR count). The summed E-state index contributed by atoms with van der Waals surface area (Å²) < 4.78 is 0. The summed E-state index contributed by atoms with van der Waals surface area (Å²) in [5, 5.41) is 8.89. The van der Waals surface area contributed by atoms with E-state index in [2.05, 4.69) is 25.0 Å². The highest BCUT2D eigenvalue weighted by Crippen LogP contribution is 1.84. The molecule has 0 saturated carbocycles. The van der Waals surface area contributed by atoms with Gasteiger partial charge in [0.15, 0.2) is 6.34 Å². The number of carboxylic acids is 1. The van der Waals surface area contributed by atoms with Crippen molar-refractivity contribution in [3.63, 3.8) is 0 Å². The number of carboxylic acid groups (broad SMARTS) is 1. The smallest absolute Gasteiger partial charge is 0.193 e. The second-order valence-corrected chi connectivity index (χ2v) is 3.26. The van der Waals surface area contributed by atoms with Crippen LogP contribution in [0.2, 0.25) is 0 Å². The molecule has 74 valence electrons. The first-order valence-electron chi connectivity index (χ1n) is 4.25. The molecule has 13 heavy (non-hydrogen) atoms. The van der Waals surface area contributed by atoms with E-state index in [0.29, 0.717) is 0 Å². The van der Waals surface area contributed by atoms with Gasteiger partial charge in [0.2, 0.25) is 0 Å². The van der Waals surface area contributed by atoms with Crippen molar-refractivity contribution in [1.29, 1.82) is 0 Å². The lowest BCUT2D eigenvalue weighted by Gasteiger charge is -2.06. The fourth-order valence-corrected chi connectivity index (χ4v) is 0.913. The van der Waals surface area contributed by atoms with Gasteiger partial charge < -0.3 is 9.90 Å². The number of hydrogen-bond acceptors (Lipinski definition) is 3. The minimum Gasteiger partial charge on any atom is -0.550 e. The number of rotatable bonds is 2. The van der Waals surface area contributed by atoms with Gasteiger partial charge in [-0.2, -0.15) is 0 Å². The molecule has 0 spiro atoms. The molecule has 0 aromatic rings. The highest BCUT2D eigenvalue weighted by molar-refractivity contribution is 5.60. The van der Waals surface area contributed by atoms with Crippen LogP contribution in [-0.2, 0) is 4.79 Å². The molecule has 1 aliphatic heterocycles. The summed E-state index contributed by atoms with van der Waals surface area (Å²) in [5.41, 5.74) is 0. The largest absolute Gasteiger partial charge is 0.550 e. The average Bonchev–Trinajstić information content (AvgIpc) is 2.36. The first-order valence-corrected chi connectivity index (χ1v) is 4.25. The SMILES string of the molecule is CC(=O)[O-].CC(C)C[NH+]1C=CN=C1. The molecule has 1 N–H and O–H groups in total. The second-order valence-electron chi connectivity index (χ2n) is 3.26. The van der Waals surface area contributed by atoms with Crippen LogP contribution in [0.25, 0.3) is 0 Å². The van der Waals surface area contributed by atoms with E-state index in [1.165, 1.54) is 4.90 Å². The van der Waals surface area contributed by atoms with Crippen LogP contribution in [0.1, 0.15) is 20.8 Å². The fraction of sp³-hybridized carbons (Fsp3) is 0.556. The van der Waals surface area contributed by atoms with Gasteiger partial charge in [0, 0.05) is 11.9 Å². The molecule has 1 aliphatic rings. The van der Waals surface area contributed by atoms with Crippen LogP contribution in [0.4, 0.5) is 0 Å². The van der Waals surface area contributed by atoms with Crippen molar-refractivity contribution in [2.45, 2.75) is 20.8 Å². The highest BCUT2D eigenvalue weighted by atomic mass is 16.4. The molecule has 1 unspecified atom stereocenters. The third-order valence-corrected chi connectivity index (χ3v) is 1.26.